The molecule has 0 unspecified atom stereocenters. The fourth-order valence-electron chi connectivity index (χ4n) is 1.22. The number of fused-ring (bicyclic) bond motifs is 1. The maximum Gasteiger partial charge on any atom is 0.0960 e. The number of thiazole rings is 1. The number of hydrogen-bond acceptors (Lipinski definition) is 2. The van der Waals surface area contributed by atoms with Gasteiger partial charge in [0.15, 0.2) is 0 Å². The average molecular weight is 321 g/mol. The van der Waals surface area contributed by atoms with Crippen LogP contribution in [-0.2, 0) is 5.33 Å². The average Bonchev–Trinajstić information content (AvgIpc) is 2.47. The van der Waals surface area contributed by atoms with Gasteiger partial charge >= 0.3 is 0 Å². The summed E-state index contributed by atoms with van der Waals surface area (Å²) in [6, 6.07) is 4.25. The highest BCUT2D eigenvalue weighted by Gasteiger charge is 2.07. The van der Waals surface area contributed by atoms with E-state index in [1.807, 2.05) is 6.92 Å². The van der Waals surface area contributed by atoms with E-state index >= 15 is 0 Å². The lowest BCUT2D eigenvalue weighted by atomic mass is 10.2. The first-order valence-corrected chi connectivity index (χ1v) is 6.56. The number of nitrogens with zero attached hydrogens (tertiary/aromatic N) is 1. The smallest absolute Gasteiger partial charge is 0.0960 e. The predicted octanol–water partition coefficient (Wildman–Crippen LogP) is 4.26. The molecule has 68 valence electrons. The van der Waals surface area contributed by atoms with Crippen LogP contribution in [-0.4, -0.2) is 4.98 Å². The van der Waals surface area contributed by atoms with Crippen LogP contribution in [0.25, 0.3) is 10.2 Å². The molecular weight excluding hydrogens is 314 g/mol. The molecule has 0 radical (unpaired) electrons. The fourth-order valence-corrected chi connectivity index (χ4v) is 3.60. The highest BCUT2D eigenvalue weighted by molar-refractivity contribution is 9.11. The van der Waals surface area contributed by atoms with E-state index in [4.69, 9.17) is 0 Å². The van der Waals surface area contributed by atoms with E-state index in [-0.39, 0.29) is 0 Å². The summed E-state index contributed by atoms with van der Waals surface area (Å²) in [6.45, 7) is 2.03. The van der Waals surface area contributed by atoms with Gasteiger partial charge in [-0.3, -0.25) is 0 Å². The number of aromatic nitrogens is 1. The quantitative estimate of drug-likeness (QED) is 0.715. The molecule has 1 heterocycles. The Balaban J connectivity index is 2.78. The first-order valence-electron chi connectivity index (χ1n) is 3.83. The summed E-state index contributed by atoms with van der Waals surface area (Å²) < 4.78 is 2.36. The van der Waals surface area contributed by atoms with Crippen molar-refractivity contribution in [3.63, 3.8) is 0 Å². The minimum Gasteiger partial charge on any atom is -0.240 e. The van der Waals surface area contributed by atoms with E-state index in [1.165, 1.54) is 10.3 Å². The summed E-state index contributed by atoms with van der Waals surface area (Å²) in [5.41, 5.74) is 2.33. The molecule has 0 N–H and O–H groups in total. The molecule has 0 spiro atoms. The lowest BCUT2D eigenvalue weighted by molar-refractivity contribution is 1.32. The van der Waals surface area contributed by atoms with Gasteiger partial charge in [-0.25, -0.2) is 4.98 Å². The van der Waals surface area contributed by atoms with Crippen LogP contribution in [0.2, 0.25) is 0 Å². The minimum absolute atomic E-state index is 0.861. The third-order valence-electron chi connectivity index (χ3n) is 1.83. The Morgan fingerprint density at radius 2 is 2.23 bits per heavy atom. The zero-order valence-electron chi connectivity index (χ0n) is 6.97. The summed E-state index contributed by atoms with van der Waals surface area (Å²) in [5, 5.41) is 1.97. The second kappa shape index (κ2) is 3.67. The highest BCUT2D eigenvalue weighted by Crippen LogP contribution is 2.31. The van der Waals surface area contributed by atoms with Crippen molar-refractivity contribution in [1.82, 2.24) is 4.98 Å². The van der Waals surface area contributed by atoms with Crippen molar-refractivity contribution in [3.05, 3.63) is 27.2 Å². The standard InChI is InChI=1S/C9H7Br2NS/c1-5-12-9-7(13-5)3-2-6(4-10)8(9)11/h2-3H,4H2,1H3. The number of aryl methyl sites for hydroxylation is 1. The Morgan fingerprint density at radius 1 is 1.46 bits per heavy atom. The molecule has 2 rings (SSSR count). The molecule has 4 heteroatoms. The second-order valence-electron chi connectivity index (χ2n) is 2.75. The van der Waals surface area contributed by atoms with E-state index in [9.17, 15) is 0 Å². The predicted molar refractivity (Wildman–Crippen MR) is 64.7 cm³/mol. The highest BCUT2D eigenvalue weighted by atomic mass is 79.9. The zero-order chi connectivity index (χ0) is 9.42. The van der Waals surface area contributed by atoms with Crippen molar-refractivity contribution in [1.29, 1.82) is 0 Å². The van der Waals surface area contributed by atoms with Crippen LogP contribution in [0.15, 0.2) is 16.6 Å². The number of alkyl halides is 1. The summed E-state index contributed by atoms with van der Waals surface area (Å²) in [4.78, 5) is 4.47. The topological polar surface area (TPSA) is 12.9 Å². The third-order valence-corrected chi connectivity index (χ3v) is 4.26. The van der Waals surface area contributed by atoms with Crippen LogP contribution in [0.4, 0.5) is 0 Å². The monoisotopic (exact) mass is 319 g/mol. The van der Waals surface area contributed by atoms with Crippen LogP contribution in [0.1, 0.15) is 10.6 Å². The molecule has 0 aliphatic rings. The molecule has 1 aromatic heterocycles. The van der Waals surface area contributed by atoms with Gasteiger partial charge in [-0.1, -0.05) is 22.0 Å². The molecule has 0 saturated carbocycles. The van der Waals surface area contributed by atoms with Crippen molar-refractivity contribution >= 4 is 53.4 Å². The molecular formula is C9H7Br2NS. The molecule has 0 aliphatic carbocycles. The van der Waals surface area contributed by atoms with Crippen molar-refractivity contribution in [2.75, 3.05) is 0 Å². The van der Waals surface area contributed by atoms with Gasteiger partial charge in [-0.05, 0) is 34.5 Å². The fraction of sp³-hybridized carbons (Fsp3) is 0.222. The van der Waals surface area contributed by atoms with E-state index in [0.717, 1.165) is 20.3 Å². The number of hydrogen-bond donors (Lipinski definition) is 0. The SMILES string of the molecule is Cc1nc2c(Br)c(CBr)ccc2s1. The Kier molecular flexibility index (Phi) is 2.72. The number of benzene rings is 1. The molecule has 0 saturated heterocycles. The van der Waals surface area contributed by atoms with Crippen molar-refractivity contribution < 1.29 is 0 Å². The van der Waals surface area contributed by atoms with Crippen molar-refractivity contribution in [2.24, 2.45) is 0 Å². The van der Waals surface area contributed by atoms with Crippen LogP contribution in [0.3, 0.4) is 0 Å². The first-order chi connectivity index (χ1) is 6.22. The van der Waals surface area contributed by atoms with E-state index in [2.05, 4.69) is 49.0 Å². The van der Waals surface area contributed by atoms with Gasteiger partial charge in [0.2, 0.25) is 0 Å². The molecule has 0 atom stereocenters. The molecule has 0 bridgehead atoms. The molecule has 2 aromatic rings. The van der Waals surface area contributed by atoms with Crippen LogP contribution >= 0.6 is 43.2 Å². The van der Waals surface area contributed by atoms with Gasteiger partial charge in [0.05, 0.1) is 15.2 Å². The molecule has 1 aromatic carbocycles. The largest absolute Gasteiger partial charge is 0.240 e. The van der Waals surface area contributed by atoms with Crippen LogP contribution < -0.4 is 0 Å². The second-order valence-corrected chi connectivity index (χ2v) is 5.34. The summed E-state index contributed by atoms with van der Waals surface area (Å²) in [5.74, 6) is 0. The van der Waals surface area contributed by atoms with E-state index < -0.39 is 0 Å². The van der Waals surface area contributed by atoms with Gasteiger partial charge in [-0.15, -0.1) is 11.3 Å². The van der Waals surface area contributed by atoms with Gasteiger partial charge in [0, 0.05) is 9.80 Å². The molecule has 13 heavy (non-hydrogen) atoms. The van der Waals surface area contributed by atoms with Gasteiger partial charge in [0.25, 0.3) is 0 Å². The molecule has 0 aliphatic heterocycles. The lowest BCUT2D eigenvalue weighted by Gasteiger charge is -1.99. The zero-order valence-corrected chi connectivity index (χ0v) is 11.0. The summed E-state index contributed by atoms with van der Waals surface area (Å²) in [7, 11) is 0. The third kappa shape index (κ3) is 1.67. The number of halogens is 2. The summed E-state index contributed by atoms with van der Waals surface area (Å²) in [6.07, 6.45) is 0. The van der Waals surface area contributed by atoms with Crippen LogP contribution in [0, 0.1) is 6.92 Å². The maximum absolute atomic E-state index is 4.47. The minimum atomic E-state index is 0.861. The first kappa shape index (κ1) is 9.62. The van der Waals surface area contributed by atoms with Gasteiger partial charge < -0.3 is 0 Å². The van der Waals surface area contributed by atoms with Gasteiger partial charge in [-0.2, -0.15) is 0 Å². The Bertz CT molecular complexity index is 450. The molecule has 0 fully saturated rings. The van der Waals surface area contributed by atoms with Gasteiger partial charge in [0.1, 0.15) is 0 Å². The van der Waals surface area contributed by atoms with E-state index in [0.29, 0.717) is 0 Å². The van der Waals surface area contributed by atoms with Crippen molar-refractivity contribution in [2.45, 2.75) is 12.3 Å². The summed E-state index contributed by atoms with van der Waals surface area (Å²) >= 11 is 8.75. The molecule has 1 nitrogen and oxygen atoms in total. The Labute approximate surface area is 97.4 Å². The van der Waals surface area contributed by atoms with Crippen molar-refractivity contribution in [3.8, 4) is 0 Å². The number of rotatable bonds is 1. The lowest BCUT2D eigenvalue weighted by Crippen LogP contribution is -1.81. The maximum atomic E-state index is 4.47. The normalized spacial score (nSPS) is 11.0. The molecule has 0 amide bonds. The Morgan fingerprint density at radius 3 is 2.92 bits per heavy atom. The Hall–Kier alpha value is 0.0700. The van der Waals surface area contributed by atoms with E-state index in [1.54, 1.807) is 11.3 Å². The van der Waals surface area contributed by atoms with Crippen LogP contribution in [0.5, 0.6) is 0 Å².